The maximum absolute atomic E-state index is 10.6. The molecule has 2 rings (SSSR count). The van der Waals surface area contributed by atoms with Gasteiger partial charge in [-0.05, 0) is 22.8 Å². The molecule has 0 bridgehead atoms. The van der Waals surface area contributed by atoms with Gasteiger partial charge in [-0.25, -0.2) is 0 Å². The van der Waals surface area contributed by atoms with Gasteiger partial charge in [0.05, 0.1) is 6.42 Å². The first-order valence-corrected chi connectivity index (χ1v) is 5.61. The summed E-state index contributed by atoms with van der Waals surface area (Å²) in [4.78, 5) is 10.6. The van der Waals surface area contributed by atoms with Crippen molar-refractivity contribution in [2.24, 2.45) is 5.73 Å². The van der Waals surface area contributed by atoms with Gasteiger partial charge in [-0.2, -0.15) is 0 Å². The smallest absolute Gasteiger partial charge is 0.304 e. The summed E-state index contributed by atoms with van der Waals surface area (Å²) < 4.78 is 0. The zero-order chi connectivity index (χ0) is 12.3. The second-order valence-electron chi connectivity index (χ2n) is 4.20. The SMILES string of the molecule is Cl.NC(CC(=O)O)Cc1cccc2ccccc12. The Morgan fingerprint density at radius 2 is 1.83 bits per heavy atom. The number of rotatable bonds is 4. The fraction of sp³-hybridized carbons (Fsp3) is 0.214. The van der Waals surface area contributed by atoms with Crippen LogP contribution in [-0.4, -0.2) is 17.1 Å². The van der Waals surface area contributed by atoms with Crippen molar-refractivity contribution in [2.45, 2.75) is 18.9 Å². The van der Waals surface area contributed by atoms with E-state index < -0.39 is 5.97 Å². The molecule has 2 aromatic carbocycles. The van der Waals surface area contributed by atoms with Gasteiger partial charge in [0.1, 0.15) is 0 Å². The summed E-state index contributed by atoms with van der Waals surface area (Å²) in [6, 6.07) is 13.7. The summed E-state index contributed by atoms with van der Waals surface area (Å²) in [6.45, 7) is 0. The number of carbonyl (C=O) groups is 1. The Balaban J connectivity index is 0.00000162. The predicted octanol–water partition coefficient (Wildman–Crippen LogP) is 2.61. The van der Waals surface area contributed by atoms with Gasteiger partial charge in [0.2, 0.25) is 0 Å². The molecule has 18 heavy (non-hydrogen) atoms. The number of hydrogen-bond acceptors (Lipinski definition) is 2. The first-order chi connectivity index (χ1) is 8.16. The first-order valence-electron chi connectivity index (χ1n) is 5.61. The maximum Gasteiger partial charge on any atom is 0.304 e. The molecule has 1 unspecified atom stereocenters. The molecule has 1 atom stereocenters. The number of hydrogen-bond donors (Lipinski definition) is 2. The Labute approximate surface area is 112 Å². The average molecular weight is 266 g/mol. The first kappa shape index (κ1) is 14.5. The van der Waals surface area contributed by atoms with Crippen LogP contribution in [0.4, 0.5) is 0 Å². The van der Waals surface area contributed by atoms with Gasteiger partial charge in [0, 0.05) is 6.04 Å². The Hall–Kier alpha value is -1.58. The van der Waals surface area contributed by atoms with Crippen LogP contribution in [0.1, 0.15) is 12.0 Å². The van der Waals surface area contributed by atoms with E-state index in [9.17, 15) is 4.79 Å². The minimum Gasteiger partial charge on any atom is -0.481 e. The number of halogens is 1. The highest BCUT2D eigenvalue weighted by Crippen LogP contribution is 2.19. The molecule has 0 saturated heterocycles. The van der Waals surface area contributed by atoms with Crippen molar-refractivity contribution in [3.8, 4) is 0 Å². The number of carboxylic acids is 1. The molecule has 2 aromatic rings. The highest BCUT2D eigenvalue weighted by molar-refractivity contribution is 5.86. The monoisotopic (exact) mass is 265 g/mol. The molecule has 0 aliphatic carbocycles. The molecule has 3 nitrogen and oxygen atoms in total. The van der Waals surface area contributed by atoms with Crippen molar-refractivity contribution in [3.63, 3.8) is 0 Å². The van der Waals surface area contributed by atoms with Crippen molar-refractivity contribution >= 4 is 29.1 Å². The van der Waals surface area contributed by atoms with Gasteiger partial charge in [0.15, 0.2) is 0 Å². The normalized spacial score (nSPS) is 11.8. The Kier molecular flexibility index (Phi) is 5.13. The minimum absolute atomic E-state index is 0. The summed E-state index contributed by atoms with van der Waals surface area (Å²) in [5.41, 5.74) is 6.93. The summed E-state index contributed by atoms with van der Waals surface area (Å²) in [6.07, 6.45) is 0.594. The van der Waals surface area contributed by atoms with Gasteiger partial charge < -0.3 is 10.8 Å². The standard InChI is InChI=1S/C14H15NO2.ClH/c15-12(9-14(16)17)8-11-6-3-5-10-4-1-2-7-13(10)11;/h1-7,12H,8-9,15H2,(H,16,17);1H. The van der Waals surface area contributed by atoms with Gasteiger partial charge in [-0.1, -0.05) is 42.5 Å². The Morgan fingerprint density at radius 3 is 2.56 bits per heavy atom. The summed E-state index contributed by atoms with van der Waals surface area (Å²) in [5, 5.41) is 11.0. The van der Waals surface area contributed by atoms with Crippen LogP contribution in [-0.2, 0) is 11.2 Å². The van der Waals surface area contributed by atoms with Crippen LogP contribution in [0.5, 0.6) is 0 Å². The zero-order valence-corrected chi connectivity index (χ0v) is 10.7. The van der Waals surface area contributed by atoms with Gasteiger partial charge in [0.25, 0.3) is 0 Å². The lowest BCUT2D eigenvalue weighted by Gasteiger charge is -2.11. The van der Waals surface area contributed by atoms with Crippen molar-refractivity contribution in [1.29, 1.82) is 0 Å². The topological polar surface area (TPSA) is 63.3 Å². The molecule has 0 saturated carbocycles. The number of carboxylic acid groups (broad SMARTS) is 1. The van der Waals surface area contributed by atoms with E-state index in [0.29, 0.717) is 6.42 Å². The zero-order valence-electron chi connectivity index (χ0n) is 9.87. The summed E-state index contributed by atoms with van der Waals surface area (Å²) in [7, 11) is 0. The van der Waals surface area contributed by atoms with Crippen LogP contribution < -0.4 is 5.73 Å². The van der Waals surface area contributed by atoms with Crippen LogP contribution in [0.15, 0.2) is 42.5 Å². The molecular formula is C14H16ClNO2. The predicted molar refractivity (Wildman–Crippen MR) is 75.1 cm³/mol. The third-order valence-electron chi connectivity index (χ3n) is 2.80. The number of benzene rings is 2. The van der Waals surface area contributed by atoms with Gasteiger partial charge >= 0.3 is 5.97 Å². The van der Waals surface area contributed by atoms with Crippen molar-refractivity contribution < 1.29 is 9.90 Å². The maximum atomic E-state index is 10.6. The minimum atomic E-state index is -0.849. The van der Waals surface area contributed by atoms with Crippen LogP contribution >= 0.6 is 12.4 Å². The van der Waals surface area contributed by atoms with E-state index in [1.54, 1.807) is 0 Å². The Bertz CT molecular complexity index is 537. The van der Waals surface area contributed by atoms with Crippen LogP contribution in [0.25, 0.3) is 10.8 Å². The number of fused-ring (bicyclic) bond motifs is 1. The molecule has 0 heterocycles. The van der Waals surface area contributed by atoms with Crippen LogP contribution in [0.3, 0.4) is 0 Å². The van der Waals surface area contributed by atoms with Gasteiger partial charge in [-0.3, -0.25) is 4.79 Å². The van der Waals surface area contributed by atoms with E-state index >= 15 is 0 Å². The lowest BCUT2D eigenvalue weighted by atomic mass is 9.98. The number of aliphatic carboxylic acids is 1. The Morgan fingerprint density at radius 1 is 1.17 bits per heavy atom. The molecule has 0 radical (unpaired) electrons. The fourth-order valence-electron chi connectivity index (χ4n) is 2.05. The van der Waals surface area contributed by atoms with E-state index in [1.165, 1.54) is 0 Å². The van der Waals surface area contributed by atoms with Crippen molar-refractivity contribution in [3.05, 3.63) is 48.0 Å². The summed E-state index contributed by atoms with van der Waals surface area (Å²) >= 11 is 0. The van der Waals surface area contributed by atoms with E-state index in [0.717, 1.165) is 16.3 Å². The molecule has 0 aliphatic heterocycles. The fourth-order valence-corrected chi connectivity index (χ4v) is 2.05. The molecule has 0 amide bonds. The van der Waals surface area contributed by atoms with E-state index in [1.807, 2.05) is 42.5 Å². The van der Waals surface area contributed by atoms with E-state index in [-0.39, 0.29) is 24.9 Å². The van der Waals surface area contributed by atoms with E-state index in [2.05, 4.69) is 0 Å². The lowest BCUT2D eigenvalue weighted by Crippen LogP contribution is -2.26. The van der Waals surface area contributed by atoms with Crippen LogP contribution in [0.2, 0.25) is 0 Å². The molecule has 0 aliphatic rings. The van der Waals surface area contributed by atoms with Crippen molar-refractivity contribution in [1.82, 2.24) is 0 Å². The van der Waals surface area contributed by atoms with Crippen LogP contribution in [0, 0.1) is 0 Å². The molecule has 0 spiro atoms. The molecule has 0 aromatic heterocycles. The quantitative estimate of drug-likeness (QED) is 0.893. The van der Waals surface area contributed by atoms with E-state index in [4.69, 9.17) is 10.8 Å². The second-order valence-corrected chi connectivity index (χ2v) is 4.20. The van der Waals surface area contributed by atoms with Crippen molar-refractivity contribution in [2.75, 3.05) is 0 Å². The highest BCUT2D eigenvalue weighted by atomic mass is 35.5. The average Bonchev–Trinajstić information content (AvgIpc) is 2.28. The highest BCUT2D eigenvalue weighted by Gasteiger charge is 2.10. The molecule has 3 N–H and O–H groups in total. The molecule has 0 fully saturated rings. The number of nitrogens with two attached hydrogens (primary N) is 1. The second kappa shape index (κ2) is 6.38. The third kappa shape index (κ3) is 3.45. The lowest BCUT2D eigenvalue weighted by molar-refractivity contribution is -0.137. The van der Waals surface area contributed by atoms with Gasteiger partial charge in [-0.15, -0.1) is 12.4 Å². The molecule has 96 valence electrons. The third-order valence-corrected chi connectivity index (χ3v) is 2.80. The summed E-state index contributed by atoms with van der Waals surface area (Å²) in [5.74, 6) is -0.849. The largest absolute Gasteiger partial charge is 0.481 e. The molecular weight excluding hydrogens is 250 g/mol. The molecule has 4 heteroatoms.